The minimum absolute atomic E-state index is 0.232. The molecule has 2 aromatic rings. The van der Waals surface area contributed by atoms with Crippen molar-refractivity contribution in [2.45, 2.75) is 26.9 Å². The maximum absolute atomic E-state index is 11.5. The maximum atomic E-state index is 11.5. The van der Waals surface area contributed by atoms with E-state index in [1.54, 1.807) is 16.8 Å². The van der Waals surface area contributed by atoms with E-state index in [0.717, 1.165) is 17.9 Å². The van der Waals surface area contributed by atoms with Crippen molar-refractivity contribution in [3.05, 3.63) is 46.4 Å². The van der Waals surface area contributed by atoms with Gasteiger partial charge in [0.2, 0.25) is 0 Å². The Kier molecular flexibility index (Phi) is 2.85. The minimum atomic E-state index is -0.232. The summed E-state index contributed by atoms with van der Waals surface area (Å²) in [5.74, 6) is 0. The van der Waals surface area contributed by atoms with E-state index in [1.807, 2.05) is 24.6 Å². The Hall–Kier alpha value is -1.91. The lowest BCUT2D eigenvalue weighted by atomic mass is 10.3. The van der Waals surface area contributed by atoms with Crippen LogP contribution in [-0.4, -0.2) is 19.3 Å². The summed E-state index contributed by atoms with van der Waals surface area (Å²) in [5, 5.41) is 4.34. The summed E-state index contributed by atoms with van der Waals surface area (Å²) < 4.78 is 3.47. The standard InChI is InChI=1S/C11H14N4O/c1-3-15-10(7-9(2)13-15)8-14-6-4-5-12-11(14)16/h4-7H,3,8H2,1-2H3. The van der Waals surface area contributed by atoms with Gasteiger partial charge in [-0.3, -0.25) is 9.25 Å². The van der Waals surface area contributed by atoms with Gasteiger partial charge in [-0.2, -0.15) is 5.10 Å². The molecule has 0 saturated heterocycles. The van der Waals surface area contributed by atoms with Crippen LogP contribution in [0, 0.1) is 6.92 Å². The SMILES string of the molecule is CCn1nc(C)cc1Cn1cccnc1=O. The Morgan fingerprint density at radius 3 is 2.94 bits per heavy atom. The summed E-state index contributed by atoms with van der Waals surface area (Å²) in [6.45, 7) is 5.29. The summed E-state index contributed by atoms with van der Waals surface area (Å²) in [6, 6.07) is 3.74. The Labute approximate surface area is 93.4 Å². The van der Waals surface area contributed by atoms with Crippen LogP contribution in [0.4, 0.5) is 0 Å². The van der Waals surface area contributed by atoms with E-state index in [-0.39, 0.29) is 5.69 Å². The molecule has 0 aliphatic carbocycles. The fourth-order valence-electron chi connectivity index (χ4n) is 1.68. The third-order valence-corrected chi connectivity index (χ3v) is 2.40. The summed E-state index contributed by atoms with van der Waals surface area (Å²) in [7, 11) is 0. The van der Waals surface area contributed by atoms with Gasteiger partial charge in [-0.05, 0) is 26.0 Å². The number of nitrogens with zero attached hydrogens (tertiary/aromatic N) is 4. The highest BCUT2D eigenvalue weighted by molar-refractivity contribution is 5.09. The largest absolute Gasteiger partial charge is 0.347 e. The highest BCUT2D eigenvalue weighted by Crippen LogP contribution is 2.04. The molecule has 2 aromatic heterocycles. The summed E-state index contributed by atoms with van der Waals surface area (Å²) in [6.07, 6.45) is 3.23. The van der Waals surface area contributed by atoms with Crippen molar-refractivity contribution in [2.75, 3.05) is 0 Å². The number of aromatic nitrogens is 4. The van der Waals surface area contributed by atoms with Crippen LogP contribution in [0.1, 0.15) is 18.3 Å². The molecule has 0 aliphatic heterocycles. The van der Waals surface area contributed by atoms with E-state index in [4.69, 9.17) is 0 Å². The molecule has 5 heteroatoms. The molecule has 2 rings (SSSR count). The zero-order valence-electron chi connectivity index (χ0n) is 9.42. The van der Waals surface area contributed by atoms with Gasteiger partial charge in [0.1, 0.15) is 0 Å². The Bertz CT molecular complexity index is 541. The van der Waals surface area contributed by atoms with Crippen molar-refractivity contribution >= 4 is 0 Å². The molecule has 0 radical (unpaired) electrons. The lowest BCUT2D eigenvalue weighted by molar-refractivity contribution is 0.587. The molecule has 0 aromatic carbocycles. The van der Waals surface area contributed by atoms with Crippen molar-refractivity contribution in [3.63, 3.8) is 0 Å². The first-order valence-electron chi connectivity index (χ1n) is 5.25. The summed E-state index contributed by atoms with van der Waals surface area (Å²) in [5.41, 5.74) is 1.76. The zero-order valence-corrected chi connectivity index (χ0v) is 9.42. The molecule has 0 aliphatic rings. The molecule has 0 atom stereocenters. The van der Waals surface area contributed by atoms with Crippen LogP contribution >= 0.6 is 0 Å². The molecule has 0 fully saturated rings. The maximum Gasteiger partial charge on any atom is 0.347 e. The number of rotatable bonds is 3. The van der Waals surface area contributed by atoms with Gasteiger partial charge in [-0.25, -0.2) is 9.78 Å². The van der Waals surface area contributed by atoms with Crippen LogP contribution in [0.2, 0.25) is 0 Å². The second kappa shape index (κ2) is 4.30. The van der Waals surface area contributed by atoms with Crippen molar-refractivity contribution < 1.29 is 0 Å². The second-order valence-electron chi connectivity index (χ2n) is 3.62. The van der Waals surface area contributed by atoms with Crippen LogP contribution in [0.15, 0.2) is 29.3 Å². The molecule has 0 unspecified atom stereocenters. The Morgan fingerprint density at radius 2 is 2.25 bits per heavy atom. The van der Waals surface area contributed by atoms with Gasteiger partial charge in [0, 0.05) is 18.9 Å². The first-order valence-corrected chi connectivity index (χ1v) is 5.25. The van der Waals surface area contributed by atoms with Gasteiger partial charge in [0.15, 0.2) is 0 Å². The average Bonchev–Trinajstić information content (AvgIpc) is 2.62. The van der Waals surface area contributed by atoms with Crippen LogP contribution in [-0.2, 0) is 13.1 Å². The third kappa shape index (κ3) is 2.03. The lowest BCUT2D eigenvalue weighted by Gasteiger charge is -2.06. The van der Waals surface area contributed by atoms with Crippen LogP contribution in [0.5, 0.6) is 0 Å². The van der Waals surface area contributed by atoms with Gasteiger partial charge in [-0.1, -0.05) is 0 Å². The predicted octanol–water partition coefficient (Wildman–Crippen LogP) is 0.816. The van der Waals surface area contributed by atoms with E-state index < -0.39 is 0 Å². The molecule has 0 amide bonds. The fourth-order valence-corrected chi connectivity index (χ4v) is 1.68. The van der Waals surface area contributed by atoms with Gasteiger partial charge in [-0.15, -0.1) is 0 Å². The van der Waals surface area contributed by atoms with Crippen molar-refractivity contribution in [3.8, 4) is 0 Å². The molecule has 2 heterocycles. The van der Waals surface area contributed by atoms with E-state index in [1.165, 1.54) is 6.20 Å². The van der Waals surface area contributed by atoms with Crippen LogP contribution in [0.3, 0.4) is 0 Å². The zero-order chi connectivity index (χ0) is 11.5. The molecule has 0 bridgehead atoms. The first-order chi connectivity index (χ1) is 7.70. The molecule has 16 heavy (non-hydrogen) atoms. The smallest absolute Gasteiger partial charge is 0.293 e. The monoisotopic (exact) mass is 218 g/mol. The molecule has 0 saturated carbocycles. The molecule has 0 spiro atoms. The molecule has 84 valence electrons. The third-order valence-electron chi connectivity index (χ3n) is 2.40. The Morgan fingerprint density at radius 1 is 1.44 bits per heavy atom. The topological polar surface area (TPSA) is 52.7 Å². The predicted molar refractivity (Wildman–Crippen MR) is 60.2 cm³/mol. The van der Waals surface area contributed by atoms with Crippen molar-refractivity contribution in [1.82, 2.24) is 19.3 Å². The normalized spacial score (nSPS) is 10.6. The van der Waals surface area contributed by atoms with E-state index in [0.29, 0.717) is 6.54 Å². The quantitative estimate of drug-likeness (QED) is 0.766. The Balaban J connectivity index is 2.34. The second-order valence-corrected chi connectivity index (χ2v) is 3.62. The van der Waals surface area contributed by atoms with E-state index in [9.17, 15) is 4.79 Å². The highest BCUT2D eigenvalue weighted by atomic mass is 16.1. The molecule has 0 N–H and O–H groups in total. The molecule has 5 nitrogen and oxygen atoms in total. The van der Waals surface area contributed by atoms with Crippen molar-refractivity contribution in [2.24, 2.45) is 0 Å². The van der Waals surface area contributed by atoms with E-state index >= 15 is 0 Å². The van der Waals surface area contributed by atoms with Gasteiger partial charge in [0.25, 0.3) is 0 Å². The first kappa shape index (κ1) is 10.6. The number of aryl methyl sites for hydroxylation is 2. The highest BCUT2D eigenvalue weighted by Gasteiger charge is 2.05. The number of hydrogen-bond acceptors (Lipinski definition) is 3. The van der Waals surface area contributed by atoms with Crippen LogP contribution < -0.4 is 5.69 Å². The average molecular weight is 218 g/mol. The summed E-state index contributed by atoms with van der Waals surface area (Å²) in [4.78, 5) is 15.2. The number of hydrogen-bond donors (Lipinski definition) is 0. The van der Waals surface area contributed by atoms with Crippen molar-refractivity contribution in [1.29, 1.82) is 0 Å². The molecular formula is C11H14N4O. The van der Waals surface area contributed by atoms with Gasteiger partial charge in [0.05, 0.1) is 17.9 Å². The molecular weight excluding hydrogens is 204 g/mol. The lowest BCUT2D eigenvalue weighted by Crippen LogP contribution is -2.23. The summed E-state index contributed by atoms with van der Waals surface area (Å²) >= 11 is 0. The minimum Gasteiger partial charge on any atom is -0.293 e. The van der Waals surface area contributed by atoms with E-state index in [2.05, 4.69) is 10.1 Å². The van der Waals surface area contributed by atoms with Gasteiger partial charge < -0.3 is 0 Å². The fraction of sp³-hybridized carbons (Fsp3) is 0.364. The van der Waals surface area contributed by atoms with Crippen LogP contribution in [0.25, 0.3) is 0 Å². The van der Waals surface area contributed by atoms with Gasteiger partial charge >= 0.3 is 5.69 Å².